The molecule has 2 rings (SSSR count). The molecule has 0 amide bonds. The van der Waals surface area contributed by atoms with E-state index in [1.54, 1.807) is 13.3 Å². The Kier molecular flexibility index (Phi) is 4.66. The first-order valence-electron chi connectivity index (χ1n) is 6.82. The highest BCUT2D eigenvalue weighted by molar-refractivity contribution is 6.30. The molecule has 19 heavy (non-hydrogen) atoms. The van der Waals surface area contributed by atoms with Gasteiger partial charge in [-0.25, -0.2) is 4.98 Å². The third kappa shape index (κ3) is 2.86. The van der Waals surface area contributed by atoms with Gasteiger partial charge in [0.05, 0.1) is 16.7 Å². The molecule has 0 bridgehead atoms. The van der Waals surface area contributed by atoms with E-state index in [1.807, 2.05) is 6.07 Å². The smallest absolute Gasteiger partial charge is 0.128 e. The van der Waals surface area contributed by atoms with E-state index < -0.39 is 0 Å². The van der Waals surface area contributed by atoms with Crippen LogP contribution in [0.5, 0.6) is 0 Å². The summed E-state index contributed by atoms with van der Waals surface area (Å²) >= 11 is 6.07. The van der Waals surface area contributed by atoms with E-state index in [1.165, 1.54) is 12.8 Å². The summed E-state index contributed by atoms with van der Waals surface area (Å²) in [6.45, 7) is 2.93. The SMILES string of the molecule is CCNC(c1cc(Cl)cnc1N)C1(OC)CCCC1. The number of methoxy groups -OCH3 is 1. The number of nitrogens with zero attached hydrogens (tertiary/aromatic N) is 1. The Morgan fingerprint density at radius 1 is 1.53 bits per heavy atom. The van der Waals surface area contributed by atoms with Gasteiger partial charge in [0, 0.05) is 18.9 Å². The number of likely N-dealkylation sites (N-methyl/N-ethyl adjacent to an activating group) is 1. The summed E-state index contributed by atoms with van der Waals surface area (Å²) in [4.78, 5) is 4.17. The van der Waals surface area contributed by atoms with Gasteiger partial charge in [0.2, 0.25) is 0 Å². The Labute approximate surface area is 119 Å². The van der Waals surface area contributed by atoms with Crippen LogP contribution in [-0.4, -0.2) is 24.2 Å². The Morgan fingerprint density at radius 2 is 2.21 bits per heavy atom. The highest BCUT2D eigenvalue weighted by Gasteiger charge is 2.43. The topological polar surface area (TPSA) is 60.2 Å². The fourth-order valence-corrected chi connectivity index (χ4v) is 3.23. The van der Waals surface area contributed by atoms with Crippen molar-refractivity contribution < 1.29 is 4.74 Å². The minimum Gasteiger partial charge on any atom is -0.383 e. The molecule has 1 aliphatic rings. The number of nitrogens with two attached hydrogens (primary N) is 1. The molecule has 1 heterocycles. The first-order chi connectivity index (χ1) is 9.13. The maximum absolute atomic E-state index is 6.07. The third-order valence-electron chi connectivity index (χ3n) is 4.02. The number of hydrogen-bond donors (Lipinski definition) is 2. The van der Waals surface area contributed by atoms with Crippen molar-refractivity contribution in [3.63, 3.8) is 0 Å². The molecule has 1 aliphatic carbocycles. The fourth-order valence-electron chi connectivity index (χ4n) is 3.06. The fraction of sp³-hybridized carbons (Fsp3) is 0.643. The molecule has 0 saturated heterocycles. The number of nitrogen functional groups attached to an aromatic ring is 1. The Bertz CT molecular complexity index is 433. The van der Waals surface area contributed by atoms with Crippen molar-refractivity contribution in [2.75, 3.05) is 19.4 Å². The summed E-state index contributed by atoms with van der Waals surface area (Å²) in [7, 11) is 1.78. The van der Waals surface area contributed by atoms with Crippen LogP contribution in [0.2, 0.25) is 5.02 Å². The van der Waals surface area contributed by atoms with E-state index in [0.29, 0.717) is 10.8 Å². The summed E-state index contributed by atoms with van der Waals surface area (Å²) in [5.74, 6) is 0.527. The number of ether oxygens (including phenoxy) is 1. The third-order valence-corrected chi connectivity index (χ3v) is 4.22. The van der Waals surface area contributed by atoms with E-state index in [9.17, 15) is 0 Å². The molecule has 0 aliphatic heterocycles. The van der Waals surface area contributed by atoms with Gasteiger partial charge in [-0.05, 0) is 25.5 Å². The Hall–Kier alpha value is -0.840. The van der Waals surface area contributed by atoms with Crippen molar-refractivity contribution in [1.82, 2.24) is 10.3 Å². The predicted molar refractivity (Wildman–Crippen MR) is 78.3 cm³/mol. The number of nitrogens with one attached hydrogen (secondary N) is 1. The van der Waals surface area contributed by atoms with Gasteiger partial charge in [-0.3, -0.25) is 0 Å². The zero-order valence-corrected chi connectivity index (χ0v) is 12.3. The van der Waals surface area contributed by atoms with Gasteiger partial charge in [-0.1, -0.05) is 31.4 Å². The van der Waals surface area contributed by atoms with Gasteiger partial charge in [0.25, 0.3) is 0 Å². The van der Waals surface area contributed by atoms with Crippen LogP contribution >= 0.6 is 11.6 Å². The molecule has 4 nitrogen and oxygen atoms in total. The Balaban J connectivity index is 2.41. The van der Waals surface area contributed by atoms with Gasteiger partial charge in [0.15, 0.2) is 0 Å². The molecule has 0 radical (unpaired) electrons. The zero-order valence-electron chi connectivity index (χ0n) is 11.6. The molecule has 106 valence electrons. The van der Waals surface area contributed by atoms with Gasteiger partial charge in [-0.15, -0.1) is 0 Å². The van der Waals surface area contributed by atoms with Crippen molar-refractivity contribution in [1.29, 1.82) is 0 Å². The normalized spacial score (nSPS) is 19.5. The van der Waals surface area contributed by atoms with Crippen molar-refractivity contribution in [2.45, 2.75) is 44.2 Å². The monoisotopic (exact) mass is 283 g/mol. The first-order valence-corrected chi connectivity index (χ1v) is 7.20. The lowest BCUT2D eigenvalue weighted by atomic mass is 9.86. The second-order valence-electron chi connectivity index (χ2n) is 5.09. The molecular formula is C14H22ClN3O. The van der Waals surface area contributed by atoms with E-state index in [-0.39, 0.29) is 11.6 Å². The number of aromatic nitrogens is 1. The maximum atomic E-state index is 6.07. The molecule has 1 fully saturated rings. The number of hydrogen-bond acceptors (Lipinski definition) is 4. The van der Waals surface area contributed by atoms with E-state index in [2.05, 4.69) is 17.2 Å². The largest absolute Gasteiger partial charge is 0.383 e. The molecule has 0 spiro atoms. The maximum Gasteiger partial charge on any atom is 0.128 e. The van der Waals surface area contributed by atoms with E-state index >= 15 is 0 Å². The number of anilines is 1. The molecule has 1 aromatic rings. The molecule has 1 saturated carbocycles. The second-order valence-corrected chi connectivity index (χ2v) is 5.53. The molecule has 1 unspecified atom stereocenters. The predicted octanol–water partition coefficient (Wildman–Crippen LogP) is 2.93. The summed E-state index contributed by atoms with van der Waals surface area (Å²) in [6.07, 6.45) is 6.02. The van der Waals surface area contributed by atoms with Crippen molar-refractivity contribution in [2.24, 2.45) is 0 Å². The van der Waals surface area contributed by atoms with Crippen LogP contribution in [0.25, 0.3) is 0 Å². The highest BCUT2D eigenvalue weighted by Crippen LogP contribution is 2.43. The number of halogens is 1. The van der Waals surface area contributed by atoms with Gasteiger partial charge < -0.3 is 15.8 Å². The van der Waals surface area contributed by atoms with Gasteiger partial charge >= 0.3 is 0 Å². The van der Waals surface area contributed by atoms with Gasteiger partial charge in [-0.2, -0.15) is 0 Å². The minimum absolute atomic E-state index is 0.0381. The summed E-state index contributed by atoms with van der Waals surface area (Å²) < 4.78 is 5.87. The molecular weight excluding hydrogens is 262 g/mol. The summed E-state index contributed by atoms with van der Waals surface area (Å²) in [5, 5.41) is 4.10. The minimum atomic E-state index is -0.198. The van der Waals surface area contributed by atoms with Crippen LogP contribution in [0.4, 0.5) is 5.82 Å². The van der Waals surface area contributed by atoms with Crippen LogP contribution in [-0.2, 0) is 4.74 Å². The molecule has 1 aromatic heterocycles. The van der Waals surface area contributed by atoms with Gasteiger partial charge in [0.1, 0.15) is 5.82 Å². The number of pyridine rings is 1. The van der Waals surface area contributed by atoms with Crippen LogP contribution in [0.1, 0.15) is 44.2 Å². The highest BCUT2D eigenvalue weighted by atomic mass is 35.5. The lowest BCUT2D eigenvalue weighted by Crippen LogP contribution is -2.44. The Morgan fingerprint density at radius 3 is 2.79 bits per heavy atom. The standard InChI is InChI=1S/C14H22ClN3O/c1-3-17-12(14(19-2)6-4-5-7-14)11-8-10(15)9-18-13(11)16/h8-9,12,17H,3-7H2,1-2H3,(H2,16,18). The second kappa shape index (κ2) is 6.07. The van der Waals surface area contributed by atoms with Crippen molar-refractivity contribution >= 4 is 17.4 Å². The van der Waals surface area contributed by atoms with E-state index in [0.717, 1.165) is 24.9 Å². The summed E-state index contributed by atoms with van der Waals surface area (Å²) in [5.41, 5.74) is 6.78. The quantitative estimate of drug-likeness (QED) is 0.872. The zero-order chi connectivity index (χ0) is 13.9. The molecule has 5 heteroatoms. The lowest BCUT2D eigenvalue weighted by molar-refractivity contribution is -0.0363. The van der Waals surface area contributed by atoms with E-state index in [4.69, 9.17) is 22.1 Å². The molecule has 0 aromatic carbocycles. The first kappa shape index (κ1) is 14.6. The average Bonchev–Trinajstić information content (AvgIpc) is 2.89. The van der Waals surface area contributed by atoms with Crippen LogP contribution in [0, 0.1) is 0 Å². The van der Waals surface area contributed by atoms with Crippen LogP contribution in [0.3, 0.4) is 0 Å². The lowest BCUT2D eigenvalue weighted by Gasteiger charge is -2.37. The van der Waals surface area contributed by atoms with Crippen LogP contribution < -0.4 is 11.1 Å². The summed E-state index contributed by atoms with van der Waals surface area (Å²) in [6, 6.07) is 1.94. The van der Waals surface area contributed by atoms with Crippen LogP contribution in [0.15, 0.2) is 12.3 Å². The molecule has 3 N–H and O–H groups in total. The average molecular weight is 284 g/mol. The number of rotatable bonds is 5. The van der Waals surface area contributed by atoms with Crippen molar-refractivity contribution in [3.8, 4) is 0 Å². The van der Waals surface area contributed by atoms with Crippen molar-refractivity contribution in [3.05, 3.63) is 22.8 Å². The molecule has 1 atom stereocenters.